The molecule has 0 radical (unpaired) electrons. The largest absolute Gasteiger partial charge is 0.395 e. The van der Waals surface area contributed by atoms with Gasteiger partial charge in [0.05, 0.1) is 13.2 Å². The first-order chi connectivity index (χ1) is 8.36. The summed E-state index contributed by atoms with van der Waals surface area (Å²) in [4.78, 5) is 0. The van der Waals surface area contributed by atoms with Gasteiger partial charge in [-0.05, 0) is 27.8 Å². The lowest BCUT2D eigenvalue weighted by Crippen LogP contribution is -2.05. The number of aliphatic hydroxyl groups is 2. The topological polar surface area (TPSA) is 40.5 Å². The van der Waals surface area contributed by atoms with Crippen LogP contribution >= 0.6 is 0 Å². The quantitative estimate of drug-likeness (QED) is 0.824. The Labute approximate surface area is 100 Å². The summed E-state index contributed by atoms with van der Waals surface area (Å²) >= 11 is 0. The first-order valence-corrected chi connectivity index (χ1v) is 5.79. The lowest BCUT2D eigenvalue weighted by molar-refractivity contribution is 0.269. The van der Waals surface area contributed by atoms with Crippen LogP contribution in [0.5, 0.6) is 0 Å². The van der Waals surface area contributed by atoms with Gasteiger partial charge in [0.1, 0.15) is 0 Å². The Morgan fingerprint density at radius 3 is 2.41 bits per heavy atom. The predicted molar refractivity (Wildman–Crippen MR) is 66.7 cm³/mol. The van der Waals surface area contributed by atoms with E-state index in [1.54, 1.807) is 0 Å². The average Bonchev–Trinajstić information content (AvgIpc) is 2.72. The van der Waals surface area contributed by atoms with Crippen LogP contribution in [0.25, 0.3) is 11.1 Å². The Kier molecular flexibility index (Phi) is 2.46. The first kappa shape index (κ1) is 10.5. The highest BCUT2D eigenvalue weighted by molar-refractivity contribution is 5.80. The minimum absolute atomic E-state index is 0.00421. The second-order valence-corrected chi connectivity index (χ2v) is 4.36. The number of hydrogen-bond acceptors (Lipinski definition) is 2. The zero-order valence-electron chi connectivity index (χ0n) is 9.43. The Morgan fingerprint density at radius 2 is 1.65 bits per heavy atom. The van der Waals surface area contributed by atoms with E-state index in [4.69, 9.17) is 0 Å². The van der Waals surface area contributed by atoms with Gasteiger partial charge in [0.25, 0.3) is 0 Å². The average molecular weight is 226 g/mol. The van der Waals surface area contributed by atoms with Gasteiger partial charge in [-0.25, -0.2) is 0 Å². The third kappa shape index (κ3) is 1.42. The Balaban J connectivity index is 2.30. The van der Waals surface area contributed by atoms with Crippen LogP contribution in [0.15, 0.2) is 42.5 Å². The molecule has 86 valence electrons. The third-order valence-electron chi connectivity index (χ3n) is 3.52. The molecule has 0 bridgehead atoms. The highest BCUT2D eigenvalue weighted by Crippen LogP contribution is 2.45. The summed E-state index contributed by atoms with van der Waals surface area (Å²) in [6.45, 7) is 0.106. The molecule has 0 fully saturated rings. The Hall–Kier alpha value is -1.64. The molecule has 2 N–H and O–H groups in total. The van der Waals surface area contributed by atoms with Gasteiger partial charge < -0.3 is 10.2 Å². The van der Waals surface area contributed by atoms with Crippen molar-refractivity contribution < 1.29 is 10.2 Å². The van der Waals surface area contributed by atoms with Crippen molar-refractivity contribution >= 4 is 0 Å². The van der Waals surface area contributed by atoms with Crippen LogP contribution in [0.1, 0.15) is 22.6 Å². The van der Waals surface area contributed by atoms with E-state index in [1.807, 2.05) is 24.3 Å². The summed E-state index contributed by atoms with van der Waals surface area (Å²) < 4.78 is 0. The lowest BCUT2D eigenvalue weighted by Gasteiger charge is -2.13. The SMILES string of the molecule is OCc1cccc2c1C(CO)c1ccccc1-2. The third-order valence-corrected chi connectivity index (χ3v) is 3.52. The van der Waals surface area contributed by atoms with Crippen LogP contribution < -0.4 is 0 Å². The molecule has 1 atom stereocenters. The molecule has 2 aromatic rings. The molecule has 1 aliphatic rings. The van der Waals surface area contributed by atoms with E-state index >= 15 is 0 Å². The van der Waals surface area contributed by atoms with E-state index in [1.165, 1.54) is 5.56 Å². The number of aliphatic hydroxyl groups excluding tert-OH is 2. The zero-order chi connectivity index (χ0) is 11.8. The van der Waals surface area contributed by atoms with Gasteiger partial charge in [-0.15, -0.1) is 0 Å². The molecule has 1 unspecified atom stereocenters. The van der Waals surface area contributed by atoms with Crippen molar-refractivity contribution in [2.24, 2.45) is 0 Å². The van der Waals surface area contributed by atoms with Gasteiger partial charge >= 0.3 is 0 Å². The predicted octanol–water partition coefficient (Wildman–Crippen LogP) is 2.28. The minimum Gasteiger partial charge on any atom is -0.395 e. The maximum atomic E-state index is 9.60. The monoisotopic (exact) mass is 226 g/mol. The number of hydrogen-bond donors (Lipinski definition) is 2. The van der Waals surface area contributed by atoms with Crippen molar-refractivity contribution in [2.75, 3.05) is 6.61 Å². The fourth-order valence-corrected chi connectivity index (χ4v) is 2.79. The van der Waals surface area contributed by atoms with Crippen molar-refractivity contribution in [3.63, 3.8) is 0 Å². The second-order valence-electron chi connectivity index (χ2n) is 4.36. The summed E-state index contributed by atoms with van der Waals surface area (Å²) in [6, 6.07) is 14.1. The summed E-state index contributed by atoms with van der Waals surface area (Å²) in [6.07, 6.45) is 0. The molecular formula is C15H14O2. The molecular weight excluding hydrogens is 212 g/mol. The van der Waals surface area contributed by atoms with Crippen LogP contribution in [0, 0.1) is 0 Å². The molecule has 0 spiro atoms. The van der Waals surface area contributed by atoms with Gasteiger partial charge in [0, 0.05) is 5.92 Å². The summed E-state index contributed by atoms with van der Waals surface area (Å²) in [5.74, 6) is 0.00421. The van der Waals surface area contributed by atoms with Crippen molar-refractivity contribution in [3.05, 3.63) is 59.2 Å². The van der Waals surface area contributed by atoms with Crippen LogP contribution in [-0.2, 0) is 6.61 Å². The van der Waals surface area contributed by atoms with E-state index in [0.717, 1.165) is 22.3 Å². The minimum atomic E-state index is 0.00421. The molecule has 0 heterocycles. The number of fused-ring (bicyclic) bond motifs is 3. The summed E-state index contributed by atoms with van der Waals surface area (Å²) in [7, 11) is 0. The van der Waals surface area contributed by atoms with Crippen LogP contribution in [0.3, 0.4) is 0 Å². The zero-order valence-corrected chi connectivity index (χ0v) is 9.43. The first-order valence-electron chi connectivity index (χ1n) is 5.79. The van der Waals surface area contributed by atoms with E-state index in [9.17, 15) is 10.2 Å². The standard InChI is InChI=1S/C15H14O2/c16-8-10-4-3-7-13-11-5-1-2-6-12(11)14(9-17)15(10)13/h1-7,14,16-17H,8-9H2. The fourth-order valence-electron chi connectivity index (χ4n) is 2.79. The molecule has 2 nitrogen and oxygen atoms in total. The van der Waals surface area contributed by atoms with Crippen LogP contribution in [-0.4, -0.2) is 16.8 Å². The van der Waals surface area contributed by atoms with E-state index < -0.39 is 0 Å². The normalized spacial score (nSPS) is 16.7. The summed E-state index contributed by atoms with van der Waals surface area (Å²) in [5, 5.41) is 19.0. The van der Waals surface area contributed by atoms with Gasteiger partial charge in [0.15, 0.2) is 0 Å². The molecule has 3 rings (SSSR count). The highest BCUT2D eigenvalue weighted by Gasteiger charge is 2.29. The number of rotatable bonds is 2. The van der Waals surface area contributed by atoms with Gasteiger partial charge in [0.2, 0.25) is 0 Å². The Morgan fingerprint density at radius 1 is 0.882 bits per heavy atom. The van der Waals surface area contributed by atoms with Crippen LogP contribution in [0.2, 0.25) is 0 Å². The molecule has 0 saturated heterocycles. The smallest absolute Gasteiger partial charge is 0.0684 e. The van der Waals surface area contributed by atoms with Crippen molar-refractivity contribution in [1.29, 1.82) is 0 Å². The van der Waals surface area contributed by atoms with E-state index in [0.29, 0.717) is 0 Å². The molecule has 2 aromatic carbocycles. The second kappa shape index (κ2) is 3.99. The van der Waals surface area contributed by atoms with E-state index in [2.05, 4.69) is 18.2 Å². The maximum Gasteiger partial charge on any atom is 0.0684 e. The lowest BCUT2D eigenvalue weighted by atomic mass is 9.94. The van der Waals surface area contributed by atoms with Crippen LogP contribution in [0.4, 0.5) is 0 Å². The molecule has 1 aliphatic carbocycles. The molecule has 0 saturated carbocycles. The van der Waals surface area contributed by atoms with Gasteiger partial charge in [-0.3, -0.25) is 0 Å². The molecule has 0 amide bonds. The molecule has 2 heteroatoms. The fraction of sp³-hybridized carbons (Fsp3) is 0.200. The van der Waals surface area contributed by atoms with Crippen molar-refractivity contribution in [1.82, 2.24) is 0 Å². The van der Waals surface area contributed by atoms with Crippen molar-refractivity contribution in [3.8, 4) is 11.1 Å². The molecule has 0 aliphatic heterocycles. The van der Waals surface area contributed by atoms with E-state index in [-0.39, 0.29) is 19.1 Å². The van der Waals surface area contributed by atoms with Gasteiger partial charge in [-0.1, -0.05) is 42.5 Å². The maximum absolute atomic E-state index is 9.60. The van der Waals surface area contributed by atoms with Gasteiger partial charge in [-0.2, -0.15) is 0 Å². The molecule has 17 heavy (non-hydrogen) atoms. The van der Waals surface area contributed by atoms with Crippen molar-refractivity contribution in [2.45, 2.75) is 12.5 Å². The highest BCUT2D eigenvalue weighted by atomic mass is 16.3. The Bertz CT molecular complexity index is 561. The number of benzene rings is 2. The summed E-state index contributed by atoms with van der Waals surface area (Å²) in [5.41, 5.74) is 5.48. The molecule has 0 aromatic heterocycles.